The van der Waals surface area contributed by atoms with E-state index in [1.165, 1.54) is 16.6 Å². The second-order valence-corrected chi connectivity index (χ2v) is 6.65. The molecule has 1 atom stereocenters. The predicted molar refractivity (Wildman–Crippen MR) is 68.4 cm³/mol. The third kappa shape index (κ3) is 2.62. The molecular formula is C10H12Cl2N2O3S. The van der Waals surface area contributed by atoms with E-state index in [9.17, 15) is 8.42 Å². The molecule has 0 aliphatic carbocycles. The number of halogens is 2. The van der Waals surface area contributed by atoms with E-state index < -0.39 is 10.0 Å². The van der Waals surface area contributed by atoms with Gasteiger partial charge in [-0.15, -0.1) is 0 Å². The Kier molecular flexibility index (Phi) is 4.13. The number of methoxy groups -OCH3 is 1. The standard InChI is InChI=1S/C10H12Cl2N2O3S/c1-17-8-2-3-14(6-8)18(15,16)10-9(12)4-7(11)5-13-10/h4-5,8H,2-3,6H2,1H3. The summed E-state index contributed by atoms with van der Waals surface area (Å²) in [6.07, 6.45) is 1.86. The molecule has 0 N–H and O–H groups in total. The van der Waals surface area contributed by atoms with Crippen LogP contribution in [0.1, 0.15) is 6.42 Å². The highest BCUT2D eigenvalue weighted by Crippen LogP contribution is 2.27. The first-order valence-corrected chi connectivity index (χ1v) is 7.48. The summed E-state index contributed by atoms with van der Waals surface area (Å²) in [6.45, 7) is 0.723. The van der Waals surface area contributed by atoms with Crippen molar-refractivity contribution in [1.82, 2.24) is 9.29 Å². The molecule has 0 saturated carbocycles. The molecule has 1 aliphatic heterocycles. The van der Waals surface area contributed by atoms with Crippen LogP contribution < -0.4 is 0 Å². The number of aromatic nitrogens is 1. The van der Waals surface area contributed by atoms with Crippen LogP contribution in [0.15, 0.2) is 17.3 Å². The first kappa shape index (κ1) is 14.0. The zero-order valence-corrected chi connectivity index (χ0v) is 12.0. The van der Waals surface area contributed by atoms with Crippen LogP contribution in [0.5, 0.6) is 0 Å². The summed E-state index contributed by atoms with van der Waals surface area (Å²) < 4.78 is 31.1. The zero-order valence-electron chi connectivity index (χ0n) is 9.64. The number of sulfonamides is 1. The van der Waals surface area contributed by atoms with Crippen molar-refractivity contribution in [2.45, 2.75) is 17.6 Å². The third-order valence-corrected chi connectivity index (χ3v) is 5.23. The zero-order chi connectivity index (χ0) is 13.3. The lowest BCUT2D eigenvalue weighted by Crippen LogP contribution is -2.30. The smallest absolute Gasteiger partial charge is 0.262 e. The molecule has 0 amide bonds. The SMILES string of the molecule is COC1CCN(S(=O)(=O)c2ncc(Cl)cc2Cl)C1. The van der Waals surface area contributed by atoms with E-state index >= 15 is 0 Å². The van der Waals surface area contributed by atoms with E-state index in [0.717, 1.165) is 0 Å². The number of hydrogen-bond donors (Lipinski definition) is 0. The van der Waals surface area contributed by atoms with Gasteiger partial charge in [-0.3, -0.25) is 0 Å². The van der Waals surface area contributed by atoms with Crippen molar-refractivity contribution in [3.05, 3.63) is 22.3 Å². The lowest BCUT2D eigenvalue weighted by atomic mass is 10.3. The second-order valence-electron chi connectivity index (χ2n) is 3.95. The molecule has 18 heavy (non-hydrogen) atoms. The minimum absolute atomic E-state index is 0.0309. The van der Waals surface area contributed by atoms with Crippen LogP contribution in [0.25, 0.3) is 0 Å². The number of nitrogens with zero attached hydrogens (tertiary/aromatic N) is 2. The number of ether oxygens (including phenoxy) is 1. The van der Waals surface area contributed by atoms with E-state index in [1.807, 2.05) is 0 Å². The van der Waals surface area contributed by atoms with Gasteiger partial charge in [-0.2, -0.15) is 4.31 Å². The molecule has 8 heteroatoms. The van der Waals surface area contributed by atoms with Crippen LogP contribution in [-0.4, -0.2) is 44.0 Å². The Morgan fingerprint density at radius 2 is 2.22 bits per heavy atom. The first-order valence-electron chi connectivity index (χ1n) is 5.29. The van der Waals surface area contributed by atoms with Crippen LogP contribution in [0.4, 0.5) is 0 Å². The van der Waals surface area contributed by atoms with Gasteiger partial charge in [0.15, 0.2) is 5.03 Å². The summed E-state index contributed by atoms with van der Waals surface area (Å²) in [5.74, 6) is 0. The largest absolute Gasteiger partial charge is 0.380 e. The molecule has 1 aliphatic rings. The Morgan fingerprint density at radius 3 is 2.78 bits per heavy atom. The molecule has 1 unspecified atom stereocenters. The fourth-order valence-electron chi connectivity index (χ4n) is 1.82. The molecule has 0 radical (unpaired) electrons. The van der Waals surface area contributed by atoms with Crippen LogP contribution in [0.3, 0.4) is 0 Å². The minimum atomic E-state index is -3.68. The van der Waals surface area contributed by atoms with Crippen molar-refractivity contribution in [2.24, 2.45) is 0 Å². The Labute approximate surface area is 116 Å². The van der Waals surface area contributed by atoms with Gasteiger partial charge in [-0.1, -0.05) is 23.2 Å². The maximum atomic E-state index is 12.3. The molecule has 0 spiro atoms. The molecule has 1 aromatic heterocycles. The topological polar surface area (TPSA) is 59.5 Å². The molecule has 1 saturated heterocycles. The maximum absolute atomic E-state index is 12.3. The monoisotopic (exact) mass is 310 g/mol. The van der Waals surface area contributed by atoms with Gasteiger partial charge >= 0.3 is 0 Å². The average molecular weight is 311 g/mol. The quantitative estimate of drug-likeness (QED) is 0.854. The summed E-state index contributed by atoms with van der Waals surface area (Å²) >= 11 is 11.6. The predicted octanol–water partition coefficient (Wildman–Crippen LogP) is 1.80. The van der Waals surface area contributed by atoms with Gasteiger partial charge in [0.1, 0.15) is 0 Å². The molecule has 1 fully saturated rings. The van der Waals surface area contributed by atoms with Crippen molar-refractivity contribution >= 4 is 33.2 Å². The summed E-state index contributed by atoms with van der Waals surface area (Å²) in [6, 6.07) is 1.37. The van der Waals surface area contributed by atoms with Gasteiger partial charge in [-0.05, 0) is 12.5 Å². The van der Waals surface area contributed by atoms with E-state index in [2.05, 4.69) is 4.98 Å². The van der Waals surface area contributed by atoms with Gasteiger partial charge in [0.2, 0.25) is 0 Å². The van der Waals surface area contributed by atoms with Crippen molar-refractivity contribution < 1.29 is 13.2 Å². The Hall–Kier alpha value is -0.400. The van der Waals surface area contributed by atoms with Crippen molar-refractivity contribution in [3.8, 4) is 0 Å². The second kappa shape index (κ2) is 5.30. The highest BCUT2D eigenvalue weighted by atomic mass is 35.5. The lowest BCUT2D eigenvalue weighted by molar-refractivity contribution is 0.115. The molecule has 0 aromatic carbocycles. The molecule has 2 heterocycles. The fourth-order valence-corrected chi connectivity index (χ4v) is 3.94. The van der Waals surface area contributed by atoms with E-state index in [0.29, 0.717) is 24.5 Å². The fraction of sp³-hybridized carbons (Fsp3) is 0.500. The van der Waals surface area contributed by atoms with E-state index in [1.54, 1.807) is 7.11 Å². The number of hydrogen-bond acceptors (Lipinski definition) is 4. The highest BCUT2D eigenvalue weighted by molar-refractivity contribution is 7.89. The maximum Gasteiger partial charge on any atom is 0.262 e. The average Bonchev–Trinajstić information content (AvgIpc) is 2.77. The summed E-state index contributed by atoms with van der Waals surface area (Å²) in [5.41, 5.74) is 0. The Bertz CT molecular complexity index is 550. The van der Waals surface area contributed by atoms with E-state index in [-0.39, 0.29) is 16.2 Å². The summed E-state index contributed by atoms with van der Waals surface area (Å²) in [5, 5.41) is 0.170. The van der Waals surface area contributed by atoms with Crippen molar-refractivity contribution in [2.75, 3.05) is 20.2 Å². The van der Waals surface area contributed by atoms with Crippen LogP contribution in [-0.2, 0) is 14.8 Å². The van der Waals surface area contributed by atoms with E-state index in [4.69, 9.17) is 27.9 Å². The van der Waals surface area contributed by atoms with Crippen LogP contribution in [0, 0.1) is 0 Å². The van der Waals surface area contributed by atoms with Gasteiger partial charge in [-0.25, -0.2) is 13.4 Å². The molecule has 100 valence electrons. The lowest BCUT2D eigenvalue weighted by Gasteiger charge is -2.16. The van der Waals surface area contributed by atoms with Crippen molar-refractivity contribution in [3.63, 3.8) is 0 Å². The minimum Gasteiger partial charge on any atom is -0.380 e. The highest BCUT2D eigenvalue weighted by Gasteiger charge is 2.34. The molecule has 5 nitrogen and oxygen atoms in total. The first-order chi connectivity index (χ1) is 8.45. The molecule has 2 rings (SSSR count). The number of rotatable bonds is 3. The van der Waals surface area contributed by atoms with Crippen LogP contribution >= 0.6 is 23.2 Å². The molecule has 0 bridgehead atoms. The molecule has 1 aromatic rings. The Morgan fingerprint density at radius 1 is 1.50 bits per heavy atom. The van der Waals surface area contributed by atoms with Gasteiger partial charge in [0.05, 0.1) is 16.1 Å². The van der Waals surface area contributed by atoms with Gasteiger partial charge < -0.3 is 4.74 Å². The van der Waals surface area contributed by atoms with Crippen molar-refractivity contribution in [1.29, 1.82) is 0 Å². The van der Waals surface area contributed by atoms with Crippen LogP contribution in [0.2, 0.25) is 10.0 Å². The molecular weight excluding hydrogens is 299 g/mol. The summed E-state index contributed by atoms with van der Waals surface area (Å²) in [4.78, 5) is 3.81. The van der Waals surface area contributed by atoms with Gasteiger partial charge in [0.25, 0.3) is 10.0 Å². The number of pyridine rings is 1. The Balaban J connectivity index is 2.31. The van der Waals surface area contributed by atoms with Gasteiger partial charge in [0, 0.05) is 26.4 Å². The third-order valence-electron chi connectivity index (χ3n) is 2.80. The normalized spacial score (nSPS) is 21.4. The summed E-state index contributed by atoms with van der Waals surface area (Å²) in [7, 11) is -2.11.